The van der Waals surface area contributed by atoms with E-state index in [1.807, 2.05) is 36.4 Å². The molecule has 0 aliphatic rings. The molecule has 1 unspecified atom stereocenters. The van der Waals surface area contributed by atoms with E-state index in [0.717, 1.165) is 22.4 Å². The number of aromatic nitrogens is 2. The molecule has 27 heavy (non-hydrogen) atoms. The molecule has 0 spiro atoms. The highest BCUT2D eigenvalue weighted by atomic mass is 16.2. The lowest BCUT2D eigenvalue weighted by molar-refractivity contribution is 0.198. The summed E-state index contributed by atoms with van der Waals surface area (Å²) >= 11 is 0. The molecule has 0 aliphatic carbocycles. The normalized spacial score (nSPS) is 12.0. The van der Waals surface area contributed by atoms with Crippen LogP contribution < -0.4 is 5.32 Å². The van der Waals surface area contributed by atoms with Gasteiger partial charge in [-0.3, -0.25) is 0 Å². The van der Waals surface area contributed by atoms with E-state index in [4.69, 9.17) is 5.26 Å². The number of H-pyrrole nitrogens is 1. The molecule has 1 heterocycles. The van der Waals surface area contributed by atoms with Crippen molar-refractivity contribution in [2.24, 2.45) is 5.92 Å². The summed E-state index contributed by atoms with van der Waals surface area (Å²) < 4.78 is 0. The van der Waals surface area contributed by atoms with Crippen LogP contribution in [0.25, 0.3) is 11.0 Å². The number of aromatic amines is 1. The molecule has 0 saturated heterocycles. The molecule has 1 aromatic heterocycles. The van der Waals surface area contributed by atoms with Gasteiger partial charge in [-0.05, 0) is 35.7 Å². The molecule has 6 heteroatoms. The van der Waals surface area contributed by atoms with E-state index in [1.165, 1.54) is 0 Å². The Morgan fingerprint density at radius 3 is 2.74 bits per heavy atom. The van der Waals surface area contributed by atoms with Crippen molar-refractivity contribution < 1.29 is 4.79 Å². The second kappa shape index (κ2) is 7.92. The number of amides is 2. The maximum Gasteiger partial charge on any atom is 0.318 e. The van der Waals surface area contributed by atoms with Crippen LogP contribution in [0, 0.1) is 17.2 Å². The Hall–Kier alpha value is -3.33. The highest BCUT2D eigenvalue weighted by Gasteiger charge is 2.23. The average molecular weight is 361 g/mol. The van der Waals surface area contributed by atoms with Gasteiger partial charge in [0.1, 0.15) is 5.82 Å². The van der Waals surface area contributed by atoms with E-state index in [-0.39, 0.29) is 18.0 Å². The monoisotopic (exact) mass is 361 g/mol. The van der Waals surface area contributed by atoms with Crippen LogP contribution in [-0.4, -0.2) is 27.9 Å². The molecular formula is C21H23N5O. The molecule has 6 nitrogen and oxygen atoms in total. The summed E-state index contributed by atoms with van der Waals surface area (Å²) in [5.74, 6) is 0.921. The molecule has 1 atom stereocenters. The van der Waals surface area contributed by atoms with Gasteiger partial charge in [0, 0.05) is 13.6 Å². The Labute approximate surface area is 158 Å². The van der Waals surface area contributed by atoms with E-state index in [9.17, 15) is 4.79 Å². The Bertz CT molecular complexity index is 952. The average Bonchev–Trinajstić information content (AvgIpc) is 3.09. The summed E-state index contributed by atoms with van der Waals surface area (Å²) in [4.78, 5) is 22.3. The van der Waals surface area contributed by atoms with Gasteiger partial charge in [0.05, 0.1) is 28.7 Å². The van der Waals surface area contributed by atoms with Gasteiger partial charge in [0.25, 0.3) is 0 Å². The van der Waals surface area contributed by atoms with Crippen LogP contribution in [0.15, 0.2) is 48.5 Å². The van der Waals surface area contributed by atoms with Crippen LogP contribution in [-0.2, 0) is 6.54 Å². The number of para-hydroxylation sites is 2. The highest BCUT2D eigenvalue weighted by molar-refractivity contribution is 5.76. The van der Waals surface area contributed by atoms with E-state index in [2.05, 4.69) is 35.2 Å². The summed E-state index contributed by atoms with van der Waals surface area (Å²) in [5, 5.41) is 12.1. The number of carbonyl (C=O) groups excluding carboxylic acids is 1. The maximum atomic E-state index is 12.7. The van der Waals surface area contributed by atoms with Gasteiger partial charge in [-0.2, -0.15) is 5.26 Å². The molecular weight excluding hydrogens is 338 g/mol. The lowest BCUT2D eigenvalue weighted by atomic mass is 10.0. The van der Waals surface area contributed by atoms with Crippen molar-refractivity contribution in [1.29, 1.82) is 5.26 Å². The van der Waals surface area contributed by atoms with Crippen molar-refractivity contribution in [3.05, 3.63) is 65.5 Å². The number of nitriles is 1. The number of urea groups is 1. The molecule has 2 aromatic carbocycles. The molecule has 138 valence electrons. The Morgan fingerprint density at radius 2 is 2.04 bits per heavy atom. The zero-order chi connectivity index (χ0) is 19.4. The zero-order valence-electron chi connectivity index (χ0n) is 15.7. The molecule has 0 aliphatic heterocycles. The van der Waals surface area contributed by atoms with Crippen LogP contribution in [0.4, 0.5) is 4.79 Å². The van der Waals surface area contributed by atoms with Gasteiger partial charge in [0.2, 0.25) is 0 Å². The SMILES string of the molecule is CC(C)C(NC(=O)N(C)Cc1cccc(C#N)c1)c1nc2ccccc2[nH]1. The van der Waals surface area contributed by atoms with Gasteiger partial charge in [-0.15, -0.1) is 0 Å². The number of fused-ring (bicyclic) bond motifs is 1. The molecule has 0 fully saturated rings. The minimum Gasteiger partial charge on any atom is -0.340 e. The third-order valence-corrected chi connectivity index (χ3v) is 4.47. The maximum absolute atomic E-state index is 12.7. The first-order valence-electron chi connectivity index (χ1n) is 8.93. The van der Waals surface area contributed by atoms with Crippen molar-refractivity contribution in [2.75, 3.05) is 7.05 Å². The first-order chi connectivity index (χ1) is 13.0. The fourth-order valence-electron chi connectivity index (χ4n) is 3.00. The number of nitrogens with one attached hydrogen (secondary N) is 2. The first-order valence-corrected chi connectivity index (χ1v) is 8.93. The van der Waals surface area contributed by atoms with Gasteiger partial charge < -0.3 is 15.2 Å². The number of hydrogen-bond donors (Lipinski definition) is 2. The van der Waals surface area contributed by atoms with Crippen molar-refractivity contribution in [2.45, 2.75) is 26.4 Å². The number of rotatable bonds is 5. The number of nitrogens with zero attached hydrogens (tertiary/aromatic N) is 3. The van der Waals surface area contributed by atoms with E-state index in [1.54, 1.807) is 24.1 Å². The molecule has 2 N–H and O–H groups in total. The van der Waals surface area contributed by atoms with Crippen LogP contribution in [0.1, 0.15) is 36.8 Å². The number of hydrogen-bond acceptors (Lipinski definition) is 3. The molecule has 3 rings (SSSR count). The summed E-state index contributed by atoms with van der Waals surface area (Å²) in [6, 6.07) is 16.8. The van der Waals surface area contributed by atoms with Gasteiger partial charge in [-0.25, -0.2) is 9.78 Å². The minimum atomic E-state index is -0.224. The minimum absolute atomic E-state index is 0.171. The smallest absolute Gasteiger partial charge is 0.318 e. The standard InChI is InChI=1S/C21H23N5O/c1-14(2)19(20-23-17-9-4-5-10-18(17)24-20)25-21(27)26(3)13-16-8-6-7-15(11-16)12-22/h4-11,14,19H,13H2,1-3H3,(H,23,24)(H,25,27). The molecule has 0 bridgehead atoms. The third-order valence-electron chi connectivity index (χ3n) is 4.47. The quantitative estimate of drug-likeness (QED) is 0.721. The molecule has 0 radical (unpaired) electrons. The van der Waals surface area contributed by atoms with Crippen LogP contribution in [0.2, 0.25) is 0 Å². The summed E-state index contributed by atoms with van der Waals surface area (Å²) in [5.41, 5.74) is 3.34. The topological polar surface area (TPSA) is 84.8 Å². The predicted octanol–water partition coefficient (Wildman–Crippen LogP) is 3.97. The summed E-state index contributed by atoms with van der Waals surface area (Å²) in [6.07, 6.45) is 0. The van der Waals surface area contributed by atoms with Crippen LogP contribution >= 0.6 is 0 Å². The Balaban J connectivity index is 1.73. The van der Waals surface area contributed by atoms with Crippen molar-refractivity contribution in [1.82, 2.24) is 20.2 Å². The molecule has 3 aromatic rings. The van der Waals surface area contributed by atoms with Crippen molar-refractivity contribution >= 4 is 17.1 Å². The Morgan fingerprint density at radius 1 is 1.26 bits per heavy atom. The largest absolute Gasteiger partial charge is 0.340 e. The lowest BCUT2D eigenvalue weighted by Gasteiger charge is -2.25. The van der Waals surface area contributed by atoms with Crippen molar-refractivity contribution in [3.8, 4) is 6.07 Å². The molecule has 0 saturated carbocycles. The van der Waals surface area contributed by atoms with E-state index < -0.39 is 0 Å². The summed E-state index contributed by atoms with van der Waals surface area (Å²) in [6.45, 7) is 4.52. The Kier molecular flexibility index (Phi) is 5.41. The number of benzene rings is 2. The predicted molar refractivity (Wildman–Crippen MR) is 105 cm³/mol. The third kappa shape index (κ3) is 4.26. The second-order valence-corrected chi connectivity index (χ2v) is 6.98. The van der Waals surface area contributed by atoms with Gasteiger partial charge in [0.15, 0.2) is 0 Å². The molecule has 2 amide bonds. The van der Waals surface area contributed by atoms with Crippen LogP contribution in [0.5, 0.6) is 0 Å². The van der Waals surface area contributed by atoms with Gasteiger partial charge in [-0.1, -0.05) is 38.1 Å². The second-order valence-electron chi connectivity index (χ2n) is 6.98. The lowest BCUT2D eigenvalue weighted by Crippen LogP contribution is -2.41. The number of carbonyl (C=O) groups is 1. The fourth-order valence-corrected chi connectivity index (χ4v) is 3.00. The first kappa shape index (κ1) is 18.5. The fraction of sp³-hybridized carbons (Fsp3) is 0.286. The van der Waals surface area contributed by atoms with Gasteiger partial charge >= 0.3 is 6.03 Å². The van der Waals surface area contributed by atoms with Crippen molar-refractivity contribution in [3.63, 3.8) is 0 Å². The zero-order valence-corrected chi connectivity index (χ0v) is 15.7. The van der Waals surface area contributed by atoms with E-state index >= 15 is 0 Å². The highest BCUT2D eigenvalue weighted by Crippen LogP contribution is 2.22. The van der Waals surface area contributed by atoms with E-state index in [0.29, 0.717) is 12.1 Å². The van der Waals surface area contributed by atoms with Crippen LogP contribution in [0.3, 0.4) is 0 Å². The summed E-state index contributed by atoms with van der Waals surface area (Å²) in [7, 11) is 1.74. The number of imidazole rings is 1.